The number of rotatable bonds is 3. The fourth-order valence-electron chi connectivity index (χ4n) is 2.33. The third kappa shape index (κ3) is 3.29. The predicted molar refractivity (Wildman–Crippen MR) is 71.2 cm³/mol. The van der Waals surface area contributed by atoms with E-state index in [0.717, 1.165) is 12.1 Å². The van der Waals surface area contributed by atoms with E-state index >= 15 is 0 Å². The van der Waals surface area contributed by atoms with Crippen molar-refractivity contribution in [2.24, 2.45) is 11.7 Å². The first-order chi connectivity index (χ1) is 9.08. The van der Waals surface area contributed by atoms with Gasteiger partial charge in [-0.25, -0.2) is 0 Å². The molecule has 2 rings (SSSR count). The topological polar surface area (TPSA) is 88.3 Å². The lowest BCUT2D eigenvalue weighted by atomic mass is 9.90. The number of piperidine rings is 1. The van der Waals surface area contributed by atoms with Crippen molar-refractivity contribution in [1.29, 1.82) is 0 Å². The van der Waals surface area contributed by atoms with Crippen LogP contribution in [-0.4, -0.2) is 41.3 Å². The molecule has 19 heavy (non-hydrogen) atoms. The molecular weight excluding hydrogens is 244 g/mol. The van der Waals surface area contributed by atoms with Gasteiger partial charge < -0.3 is 11.1 Å². The predicted octanol–water partition coefficient (Wildman–Crippen LogP) is 0.216. The van der Waals surface area contributed by atoms with Gasteiger partial charge in [-0.2, -0.15) is 0 Å². The Morgan fingerprint density at radius 1 is 1.42 bits per heavy atom. The lowest BCUT2D eigenvalue weighted by molar-refractivity contribution is -0.127. The zero-order chi connectivity index (χ0) is 13.8. The van der Waals surface area contributed by atoms with E-state index in [2.05, 4.69) is 10.3 Å². The van der Waals surface area contributed by atoms with Crippen LogP contribution >= 0.6 is 0 Å². The van der Waals surface area contributed by atoms with Crippen LogP contribution in [-0.2, 0) is 9.59 Å². The lowest BCUT2D eigenvalue weighted by Gasteiger charge is -2.34. The molecule has 6 heteroatoms. The molecule has 6 nitrogen and oxygen atoms in total. The summed E-state index contributed by atoms with van der Waals surface area (Å²) in [5, 5.41) is 2.84. The van der Waals surface area contributed by atoms with E-state index in [9.17, 15) is 9.59 Å². The number of carbonyl (C=O) groups is 2. The van der Waals surface area contributed by atoms with Gasteiger partial charge in [0, 0.05) is 24.0 Å². The number of anilines is 1. The molecular formula is C13H18N4O2. The summed E-state index contributed by atoms with van der Waals surface area (Å²) in [6.07, 6.45) is 4.45. The van der Waals surface area contributed by atoms with Crippen molar-refractivity contribution in [1.82, 2.24) is 9.88 Å². The zero-order valence-electron chi connectivity index (χ0n) is 10.9. The molecule has 0 aromatic carbocycles. The highest BCUT2D eigenvalue weighted by Gasteiger charge is 2.33. The fourth-order valence-corrected chi connectivity index (χ4v) is 2.33. The van der Waals surface area contributed by atoms with Crippen molar-refractivity contribution in [3.63, 3.8) is 0 Å². The van der Waals surface area contributed by atoms with E-state index in [1.165, 1.54) is 0 Å². The maximum Gasteiger partial charge on any atom is 0.234 e. The number of pyridine rings is 1. The Bertz CT molecular complexity index is 463. The summed E-state index contributed by atoms with van der Waals surface area (Å²) in [6, 6.07) is 3.11. The minimum Gasteiger partial charge on any atom is -0.368 e. The van der Waals surface area contributed by atoms with E-state index in [4.69, 9.17) is 5.73 Å². The first-order valence-corrected chi connectivity index (χ1v) is 6.28. The van der Waals surface area contributed by atoms with Crippen LogP contribution < -0.4 is 11.1 Å². The molecule has 0 radical (unpaired) electrons. The standard InChI is InChI=1S/C13H18N4O2/c1-17-7-4-9(8-11(17)12(14)18)13(19)16-10-2-5-15-6-3-10/h2-3,5-6,9,11H,4,7-8H2,1H3,(H2,14,18)(H,15,16,19). The Morgan fingerprint density at radius 2 is 2.11 bits per heavy atom. The van der Waals surface area contributed by atoms with Gasteiger partial charge in [0.2, 0.25) is 11.8 Å². The number of nitrogens with one attached hydrogen (secondary N) is 1. The zero-order valence-corrected chi connectivity index (χ0v) is 10.9. The Kier molecular flexibility index (Phi) is 4.11. The lowest BCUT2D eigenvalue weighted by Crippen LogP contribution is -2.49. The van der Waals surface area contributed by atoms with E-state index in [1.54, 1.807) is 24.5 Å². The first kappa shape index (κ1) is 13.5. The highest BCUT2D eigenvalue weighted by Crippen LogP contribution is 2.23. The van der Waals surface area contributed by atoms with Crippen molar-refractivity contribution in [3.8, 4) is 0 Å². The maximum absolute atomic E-state index is 12.1. The summed E-state index contributed by atoms with van der Waals surface area (Å²) in [6.45, 7) is 0.696. The van der Waals surface area contributed by atoms with Crippen LogP contribution in [0.2, 0.25) is 0 Å². The van der Waals surface area contributed by atoms with Crippen LogP contribution in [0, 0.1) is 5.92 Å². The Labute approximate surface area is 112 Å². The van der Waals surface area contributed by atoms with Gasteiger partial charge in [0.1, 0.15) is 0 Å². The highest BCUT2D eigenvalue weighted by molar-refractivity contribution is 5.93. The van der Waals surface area contributed by atoms with Crippen molar-refractivity contribution < 1.29 is 9.59 Å². The molecule has 2 heterocycles. The second-order valence-corrected chi connectivity index (χ2v) is 4.85. The summed E-state index contributed by atoms with van der Waals surface area (Å²) in [7, 11) is 1.85. The van der Waals surface area contributed by atoms with Crippen LogP contribution in [0.15, 0.2) is 24.5 Å². The molecule has 2 unspecified atom stereocenters. The van der Waals surface area contributed by atoms with E-state index in [1.807, 2.05) is 11.9 Å². The van der Waals surface area contributed by atoms with Crippen LogP contribution in [0.3, 0.4) is 0 Å². The number of aromatic nitrogens is 1. The quantitative estimate of drug-likeness (QED) is 0.815. The monoisotopic (exact) mass is 262 g/mol. The van der Waals surface area contributed by atoms with Crippen molar-refractivity contribution in [2.75, 3.05) is 18.9 Å². The number of nitrogens with zero attached hydrogens (tertiary/aromatic N) is 2. The molecule has 1 aromatic rings. The van der Waals surface area contributed by atoms with Crippen molar-refractivity contribution in [2.45, 2.75) is 18.9 Å². The minimum atomic E-state index is -0.371. The number of hydrogen-bond acceptors (Lipinski definition) is 4. The smallest absolute Gasteiger partial charge is 0.234 e. The van der Waals surface area contributed by atoms with Crippen molar-refractivity contribution in [3.05, 3.63) is 24.5 Å². The van der Waals surface area contributed by atoms with Gasteiger partial charge in [-0.05, 0) is 38.6 Å². The van der Waals surface area contributed by atoms with E-state index in [0.29, 0.717) is 13.0 Å². The van der Waals surface area contributed by atoms with Crippen LogP contribution in [0.1, 0.15) is 12.8 Å². The molecule has 0 aliphatic carbocycles. The summed E-state index contributed by atoms with van der Waals surface area (Å²) in [4.78, 5) is 29.3. The third-order valence-corrected chi connectivity index (χ3v) is 3.52. The second-order valence-electron chi connectivity index (χ2n) is 4.85. The highest BCUT2D eigenvalue weighted by atomic mass is 16.2. The molecule has 1 aliphatic rings. The molecule has 2 atom stereocenters. The molecule has 2 amide bonds. The minimum absolute atomic E-state index is 0.0643. The van der Waals surface area contributed by atoms with Crippen LogP contribution in [0.4, 0.5) is 5.69 Å². The van der Waals surface area contributed by atoms with E-state index in [-0.39, 0.29) is 23.8 Å². The van der Waals surface area contributed by atoms with Gasteiger partial charge >= 0.3 is 0 Å². The number of nitrogens with two attached hydrogens (primary N) is 1. The SMILES string of the molecule is CN1CCC(C(=O)Nc2ccncc2)CC1C(N)=O. The Balaban J connectivity index is 1.98. The van der Waals surface area contributed by atoms with Gasteiger partial charge in [0.05, 0.1) is 6.04 Å². The molecule has 0 bridgehead atoms. The molecule has 3 N–H and O–H groups in total. The first-order valence-electron chi connectivity index (χ1n) is 6.28. The Hall–Kier alpha value is -1.95. The summed E-state index contributed by atoms with van der Waals surface area (Å²) < 4.78 is 0. The number of likely N-dealkylation sites (tertiary alicyclic amines) is 1. The molecule has 1 saturated heterocycles. The molecule has 0 spiro atoms. The largest absolute Gasteiger partial charge is 0.368 e. The second kappa shape index (κ2) is 5.79. The van der Waals surface area contributed by atoms with Gasteiger partial charge in [0.15, 0.2) is 0 Å². The molecule has 1 aromatic heterocycles. The normalized spacial score (nSPS) is 23.8. The van der Waals surface area contributed by atoms with Crippen LogP contribution in [0.25, 0.3) is 0 Å². The third-order valence-electron chi connectivity index (χ3n) is 3.52. The number of amides is 2. The molecule has 1 fully saturated rings. The summed E-state index contributed by atoms with van der Waals surface area (Å²) in [5.41, 5.74) is 6.07. The Morgan fingerprint density at radius 3 is 2.74 bits per heavy atom. The average molecular weight is 262 g/mol. The summed E-state index contributed by atoms with van der Waals surface area (Å²) in [5.74, 6) is -0.615. The van der Waals surface area contributed by atoms with Gasteiger partial charge in [-0.1, -0.05) is 0 Å². The number of likely N-dealkylation sites (N-methyl/N-ethyl adjacent to an activating group) is 1. The molecule has 1 aliphatic heterocycles. The van der Waals surface area contributed by atoms with Gasteiger partial charge in [0.25, 0.3) is 0 Å². The van der Waals surface area contributed by atoms with Crippen LogP contribution in [0.5, 0.6) is 0 Å². The van der Waals surface area contributed by atoms with E-state index < -0.39 is 0 Å². The number of primary amides is 1. The van der Waals surface area contributed by atoms with Gasteiger partial charge in [-0.3, -0.25) is 19.5 Å². The fraction of sp³-hybridized carbons (Fsp3) is 0.462. The average Bonchev–Trinajstić information content (AvgIpc) is 2.40. The molecule has 0 saturated carbocycles. The maximum atomic E-state index is 12.1. The van der Waals surface area contributed by atoms with Crippen molar-refractivity contribution >= 4 is 17.5 Å². The molecule has 102 valence electrons. The summed E-state index contributed by atoms with van der Waals surface area (Å²) >= 11 is 0. The number of carbonyl (C=O) groups excluding carboxylic acids is 2. The number of hydrogen-bond donors (Lipinski definition) is 2. The van der Waals surface area contributed by atoms with Gasteiger partial charge in [-0.15, -0.1) is 0 Å².